The number of nitrogen functional groups attached to an aromatic ring is 1. The molecule has 1 rings (SSSR count). The molecule has 0 saturated heterocycles. The Morgan fingerprint density at radius 3 is 2.38 bits per heavy atom. The number of sulfonamides is 1. The number of hydrogen-bond donors (Lipinski definition) is 2. The van der Waals surface area contributed by atoms with Gasteiger partial charge in [-0.2, -0.15) is 0 Å². The third-order valence-electron chi connectivity index (χ3n) is 1.36. The maximum absolute atomic E-state index is 12.8. The van der Waals surface area contributed by atoms with E-state index < -0.39 is 20.7 Å². The van der Waals surface area contributed by atoms with Gasteiger partial charge in [-0.3, -0.25) is 0 Å². The van der Waals surface area contributed by atoms with E-state index in [2.05, 4.69) is 0 Å². The lowest BCUT2D eigenvalue weighted by Gasteiger charge is -2.03. The number of primary sulfonamides is 1. The van der Waals surface area contributed by atoms with Crippen LogP contribution in [0.15, 0.2) is 17.0 Å². The highest BCUT2D eigenvalue weighted by Crippen LogP contribution is 2.24. The van der Waals surface area contributed by atoms with Crippen molar-refractivity contribution in [3.63, 3.8) is 0 Å². The lowest BCUT2D eigenvalue weighted by Crippen LogP contribution is -2.14. The van der Waals surface area contributed by atoms with Crippen molar-refractivity contribution in [2.24, 2.45) is 5.14 Å². The average Bonchev–Trinajstić information content (AvgIpc) is 1.94. The SMILES string of the molecule is Nc1cc(Cl)c(F)cc1S(N)(=O)=O. The van der Waals surface area contributed by atoms with Crippen LogP contribution in [-0.4, -0.2) is 8.42 Å². The van der Waals surface area contributed by atoms with E-state index in [9.17, 15) is 12.8 Å². The van der Waals surface area contributed by atoms with E-state index in [0.717, 1.165) is 6.07 Å². The highest BCUT2D eigenvalue weighted by molar-refractivity contribution is 7.89. The fourth-order valence-electron chi connectivity index (χ4n) is 0.790. The van der Waals surface area contributed by atoms with Crippen molar-refractivity contribution in [1.82, 2.24) is 0 Å². The fourth-order valence-corrected chi connectivity index (χ4v) is 1.62. The number of anilines is 1. The normalized spacial score (nSPS) is 11.6. The van der Waals surface area contributed by atoms with Crippen LogP contribution < -0.4 is 10.9 Å². The number of halogens is 2. The van der Waals surface area contributed by atoms with Crippen LogP contribution in [-0.2, 0) is 10.0 Å². The lowest BCUT2D eigenvalue weighted by atomic mass is 10.3. The molecule has 0 spiro atoms. The third-order valence-corrected chi connectivity index (χ3v) is 2.62. The van der Waals surface area contributed by atoms with Gasteiger partial charge in [-0.15, -0.1) is 0 Å². The summed E-state index contributed by atoms with van der Waals surface area (Å²) in [5.41, 5.74) is 5.09. The van der Waals surface area contributed by atoms with E-state index >= 15 is 0 Å². The van der Waals surface area contributed by atoms with Crippen LogP contribution in [0.2, 0.25) is 5.02 Å². The molecule has 0 amide bonds. The molecule has 0 heterocycles. The molecule has 0 radical (unpaired) electrons. The summed E-state index contributed by atoms with van der Waals surface area (Å²) in [6.07, 6.45) is 0. The van der Waals surface area contributed by atoms with E-state index in [1.54, 1.807) is 0 Å². The first-order valence-electron chi connectivity index (χ1n) is 3.09. The molecule has 13 heavy (non-hydrogen) atoms. The number of nitrogens with two attached hydrogens (primary N) is 2. The van der Waals surface area contributed by atoms with Gasteiger partial charge < -0.3 is 5.73 Å². The molecular formula is C6H6ClFN2O2S. The molecule has 0 aliphatic heterocycles. The maximum atomic E-state index is 12.8. The summed E-state index contributed by atoms with van der Waals surface area (Å²) in [5, 5.41) is 4.51. The minimum Gasteiger partial charge on any atom is -0.398 e. The Labute approximate surface area is 79.3 Å². The van der Waals surface area contributed by atoms with Gasteiger partial charge in [-0.05, 0) is 12.1 Å². The van der Waals surface area contributed by atoms with Crippen molar-refractivity contribution in [3.05, 3.63) is 23.0 Å². The van der Waals surface area contributed by atoms with Gasteiger partial charge in [0, 0.05) is 0 Å². The molecule has 0 fully saturated rings. The first-order valence-corrected chi connectivity index (χ1v) is 5.02. The molecule has 0 bridgehead atoms. The van der Waals surface area contributed by atoms with Crippen LogP contribution in [0, 0.1) is 5.82 Å². The largest absolute Gasteiger partial charge is 0.398 e. The molecule has 0 aliphatic carbocycles. The fraction of sp³-hybridized carbons (Fsp3) is 0. The smallest absolute Gasteiger partial charge is 0.240 e. The summed E-state index contributed by atoms with van der Waals surface area (Å²) < 4.78 is 34.4. The molecule has 0 saturated carbocycles. The number of hydrogen-bond acceptors (Lipinski definition) is 3. The van der Waals surface area contributed by atoms with Gasteiger partial charge in [-0.1, -0.05) is 11.6 Å². The van der Waals surface area contributed by atoms with Gasteiger partial charge in [0.1, 0.15) is 10.7 Å². The van der Waals surface area contributed by atoms with Crippen LogP contribution in [0.1, 0.15) is 0 Å². The summed E-state index contributed by atoms with van der Waals surface area (Å²) in [4.78, 5) is -0.464. The predicted octanol–water partition coefficient (Wildman–Crippen LogP) is 0.709. The summed E-state index contributed by atoms with van der Waals surface area (Å²) in [6, 6.07) is 1.68. The third kappa shape index (κ3) is 2.09. The van der Waals surface area contributed by atoms with Crippen LogP contribution in [0.25, 0.3) is 0 Å². The second kappa shape index (κ2) is 3.13. The zero-order chi connectivity index (χ0) is 10.2. The van der Waals surface area contributed by atoms with Crippen LogP contribution in [0.3, 0.4) is 0 Å². The Morgan fingerprint density at radius 2 is 1.92 bits per heavy atom. The summed E-state index contributed by atoms with van der Waals surface area (Å²) in [6.45, 7) is 0. The van der Waals surface area contributed by atoms with E-state index in [4.69, 9.17) is 22.5 Å². The first-order chi connectivity index (χ1) is 5.82. The molecule has 0 aliphatic rings. The van der Waals surface area contributed by atoms with Crippen molar-refractivity contribution >= 4 is 27.3 Å². The van der Waals surface area contributed by atoms with Crippen LogP contribution in [0.4, 0.5) is 10.1 Å². The quantitative estimate of drug-likeness (QED) is 0.689. The number of benzene rings is 1. The highest BCUT2D eigenvalue weighted by atomic mass is 35.5. The van der Waals surface area contributed by atoms with Gasteiger partial charge in [0.05, 0.1) is 10.7 Å². The molecule has 1 aromatic rings. The lowest BCUT2D eigenvalue weighted by molar-refractivity contribution is 0.593. The van der Waals surface area contributed by atoms with Gasteiger partial charge in [0.15, 0.2) is 0 Å². The van der Waals surface area contributed by atoms with E-state index in [1.807, 2.05) is 0 Å². The van der Waals surface area contributed by atoms with E-state index in [1.165, 1.54) is 0 Å². The number of rotatable bonds is 1. The van der Waals surface area contributed by atoms with E-state index in [-0.39, 0.29) is 10.7 Å². The molecule has 4 nitrogen and oxygen atoms in total. The van der Waals surface area contributed by atoms with E-state index in [0.29, 0.717) is 6.07 Å². The Morgan fingerprint density at radius 1 is 1.38 bits per heavy atom. The van der Waals surface area contributed by atoms with Gasteiger partial charge in [0.25, 0.3) is 0 Å². The molecule has 7 heteroatoms. The Hall–Kier alpha value is -0.850. The average molecular weight is 225 g/mol. The van der Waals surface area contributed by atoms with Gasteiger partial charge in [-0.25, -0.2) is 17.9 Å². The maximum Gasteiger partial charge on any atom is 0.240 e. The second-order valence-corrected chi connectivity index (χ2v) is 4.29. The Kier molecular flexibility index (Phi) is 2.47. The van der Waals surface area contributed by atoms with Crippen molar-refractivity contribution < 1.29 is 12.8 Å². The van der Waals surface area contributed by atoms with Crippen molar-refractivity contribution in [2.75, 3.05) is 5.73 Å². The molecule has 1 aromatic carbocycles. The zero-order valence-corrected chi connectivity index (χ0v) is 7.86. The molecule has 0 unspecified atom stereocenters. The minimum atomic E-state index is -4.00. The molecule has 72 valence electrons. The van der Waals surface area contributed by atoms with Gasteiger partial charge >= 0.3 is 0 Å². The molecule has 0 aromatic heterocycles. The minimum absolute atomic E-state index is 0.172. The monoisotopic (exact) mass is 224 g/mol. The molecular weight excluding hydrogens is 219 g/mol. The van der Waals surface area contributed by atoms with Gasteiger partial charge in [0.2, 0.25) is 10.0 Å². The Bertz CT molecular complexity index is 446. The molecule has 0 atom stereocenters. The summed E-state index contributed by atoms with van der Waals surface area (Å²) in [7, 11) is -4.00. The first kappa shape index (κ1) is 10.2. The summed E-state index contributed by atoms with van der Waals surface area (Å²) >= 11 is 5.35. The standard InChI is InChI=1S/C6H6ClFN2O2S/c7-3-1-5(9)6(2-4(3)8)13(10,11)12/h1-2H,9H2,(H2,10,11,12). The van der Waals surface area contributed by atoms with Crippen molar-refractivity contribution in [2.45, 2.75) is 4.90 Å². The highest BCUT2D eigenvalue weighted by Gasteiger charge is 2.15. The molecule has 4 N–H and O–H groups in total. The van der Waals surface area contributed by atoms with Crippen molar-refractivity contribution in [3.8, 4) is 0 Å². The zero-order valence-electron chi connectivity index (χ0n) is 6.29. The Balaban J connectivity index is 3.50. The second-order valence-electron chi connectivity index (χ2n) is 2.35. The van der Waals surface area contributed by atoms with Crippen LogP contribution >= 0.6 is 11.6 Å². The van der Waals surface area contributed by atoms with Crippen molar-refractivity contribution in [1.29, 1.82) is 0 Å². The topological polar surface area (TPSA) is 86.2 Å². The van der Waals surface area contributed by atoms with Crippen LogP contribution in [0.5, 0.6) is 0 Å². The summed E-state index contributed by atoms with van der Waals surface area (Å²) in [5.74, 6) is -0.875. The predicted molar refractivity (Wildman–Crippen MR) is 47.2 cm³/mol.